The van der Waals surface area contributed by atoms with E-state index in [4.69, 9.17) is 21.1 Å². The molecule has 0 saturated heterocycles. The summed E-state index contributed by atoms with van der Waals surface area (Å²) in [5.41, 5.74) is 3.84. The first-order chi connectivity index (χ1) is 14.5. The van der Waals surface area contributed by atoms with E-state index in [2.05, 4.69) is 15.4 Å². The summed E-state index contributed by atoms with van der Waals surface area (Å²) in [6.45, 7) is 1.85. The highest BCUT2D eigenvalue weighted by Gasteiger charge is 2.16. The molecule has 2 aromatic carbocycles. The maximum atomic E-state index is 12.8. The quantitative estimate of drug-likeness (QED) is 0.507. The molecular formula is C22H19ClN4O3. The second-order valence-electron chi connectivity index (χ2n) is 6.57. The van der Waals surface area contributed by atoms with Crippen molar-refractivity contribution in [3.05, 3.63) is 71.0 Å². The second kappa shape index (κ2) is 8.04. The molecule has 0 spiro atoms. The lowest BCUT2D eigenvalue weighted by Crippen LogP contribution is -2.13. The minimum atomic E-state index is -0.343. The number of hydrogen-bond donors (Lipinski definition) is 1. The molecule has 0 fully saturated rings. The van der Waals surface area contributed by atoms with Crippen LogP contribution in [0.1, 0.15) is 16.1 Å². The Bertz CT molecular complexity index is 1250. The largest absolute Gasteiger partial charge is 0.493 e. The van der Waals surface area contributed by atoms with E-state index in [1.54, 1.807) is 49.2 Å². The van der Waals surface area contributed by atoms with Crippen LogP contribution >= 0.6 is 11.6 Å². The molecule has 4 aromatic rings. The van der Waals surface area contributed by atoms with Crippen LogP contribution in [0.15, 0.2) is 54.7 Å². The molecule has 0 aliphatic rings. The van der Waals surface area contributed by atoms with Gasteiger partial charge in [-0.2, -0.15) is 5.10 Å². The van der Waals surface area contributed by atoms with E-state index < -0.39 is 0 Å². The Morgan fingerprint density at radius 3 is 2.63 bits per heavy atom. The molecule has 0 aliphatic heterocycles. The Morgan fingerprint density at radius 1 is 1.07 bits per heavy atom. The molecule has 30 heavy (non-hydrogen) atoms. The highest BCUT2D eigenvalue weighted by atomic mass is 35.5. The van der Waals surface area contributed by atoms with Crippen molar-refractivity contribution in [1.29, 1.82) is 0 Å². The van der Waals surface area contributed by atoms with Gasteiger partial charge in [-0.25, -0.2) is 9.50 Å². The Balaban J connectivity index is 1.72. The molecule has 0 unspecified atom stereocenters. The first kappa shape index (κ1) is 19.7. The average molecular weight is 423 g/mol. The molecule has 7 nitrogen and oxygen atoms in total. The van der Waals surface area contributed by atoms with Crippen LogP contribution in [0.2, 0.25) is 5.02 Å². The van der Waals surface area contributed by atoms with E-state index in [9.17, 15) is 4.79 Å². The number of halogens is 1. The highest BCUT2D eigenvalue weighted by molar-refractivity contribution is 6.31. The second-order valence-corrected chi connectivity index (χ2v) is 6.97. The van der Waals surface area contributed by atoms with Gasteiger partial charge in [0.2, 0.25) is 0 Å². The number of hydrogen-bond acceptors (Lipinski definition) is 5. The number of benzene rings is 2. The number of nitrogens with zero attached hydrogens (tertiary/aromatic N) is 3. The Kier molecular flexibility index (Phi) is 5.29. The van der Waals surface area contributed by atoms with Crippen LogP contribution in [0.5, 0.6) is 11.5 Å². The van der Waals surface area contributed by atoms with Crippen molar-refractivity contribution < 1.29 is 14.3 Å². The molecule has 0 bridgehead atoms. The van der Waals surface area contributed by atoms with Gasteiger partial charge in [-0.05, 0) is 48.9 Å². The number of anilines is 1. The van der Waals surface area contributed by atoms with E-state index in [1.807, 2.05) is 31.2 Å². The SMILES string of the molecule is COc1ccc(-c2ccnc3cc(C(=O)Nc4cccc(Cl)c4C)nn23)cc1OC. The van der Waals surface area contributed by atoms with Crippen LogP contribution in [0.3, 0.4) is 0 Å². The minimum Gasteiger partial charge on any atom is -0.493 e. The van der Waals surface area contributed by atoms with Gasteiger partial charge in [0.1, 0.15) is 0 Å². The van der Waals surface area contributed by atoms with Gasteiger partial charge in [0.05, 0.1) is 19.9 Å². The standard InChI is InChI=1S/C22H19ClN4O3/c1-13-15(23)5-4-6-16(13)25-22(28)17-12-21-24-10-9-18(27(21)26-17)14-7-8-19(29-2)20(11-14)30-3/h4-12H,1-3H3,(H,25,28). The molecule has 0 saturated carbocycles. The van der Waals surface area contributed by atoms with Crippen molar-refractivity contribution >= 4 is 28.8 Å². The normalized spacial score (nSPS) is 10.8. The van der Waals surface area contributed by atoms with Gasteiger partial charge < -0.3 is 14.8 Å². The lowest BCUT2D eigenvalue weighted by Gasteiger charge is -2.10. The first-order valence-corrected chi connectivity index (χ1v) is 9.53. The number of carbonyl (C=O) groups is 1. The predicted octanol–water partition coefficient (Wildman–Crippen LogP) is 4.63. The first-order valence-electron chi connectivity index (χ1n) is 9.15. The van der Waals surface area contributed by atoms with Gasteiger partial charge in [-0.3, -0.25) is 4.79 Å². The maximum absolute atomic E-state index is 12.8. The molecule has 1 amide bonds. The van der Waals surface area contributed by atoms with E-state index in [1.165, 1.54) is 0 Å². The number of ether oxygens (including phenoxy) is 2. The summed E-state index contributed by atoms with van der Waals surface area (Å²) in [5.74, 6) is 0.884. The van der Waals surface area contributed by atoms with Gasteiger partial charge in [0, 0.05) is 28.5 Å². The van der Waals surface area contributed by atoms with Gasteiger partial charge in [-0.15, -0.1) is 0 Å². The molecule has 2 aromatic heterocycles. The fourth-order valence-corrected chi connectivity index (χ4v) is 3.32. The van der Waals surface area contributed by atoms with Gasteiger partial charge in [0.15, 0.2) is 22.8 Å². The summed E-state index contributed by atoms with van der Waals surface area (Å²) < 4.78 is 12.3. The zero-order valence-electron chi connectivity index (χ0n) is 16.6. The van der Waals surface area contributed by atoms with Crippen LogP contribution < -0.4 is 14.8 Å². The van der Waals surface area contributed by atoms with E-state index in [-0.39, 0.29) is 11.6 Å². The molecule has 152 valence electrons. The minimum absolute atomic E-state index is 0.245. The molecule has 4 rings (SSSR count). The summed E-state index contributed by atoms with van der Waals surface area (Å²) in [5, 5.41) is 7.91. The molecule has 0 aliphatic carbocycles. The third-order valence-corrected chi connectivity index (χ3v) is 5.20. The molecule has 0 radical (unpaired) electrons. The van der Waals surface area contributed by atoms with E-state index >= 15 is 0 Å². The lowest BCUT2D eigenvalue weighted by molar-refractivity contribution is 0.102. The third-order valence-electron chi connectivity index (χ3n) is 4.79. The number of fused-ring (bicyclic) bond motifs is 1. The zero-order valence-corrected chi connectivity index (χ0v) is 17.4. The maximum Gasteiger partial charge on any atom is 0.276 e. The van der Waals surface area contributed by atoms with Crippen molar-refractivity contribution in [2.45, 2.75) is 6.92 Å². The molecule has 2 heterocycles. The summed E-state index contributed by atoms with van der Waals surface area (Å²) >= 11 is 6.14. The molecular weight excluding hydrogens is 404 g/mol. The summed E-state index contributed by atoms with van der Waals surface area (Å²) in [7, 11) is 3.17. The zero-order chi connectivity index (χ0) is 21.3. The number of nitrogens with one attached hydrogen (secondary N) is 1. The fraction of sp³-hybridized carbons (Fsp3) is 0.136. The van der Waals surface area contributed by atoms with Crippen molar-refractivity contribution in [2.24, 2.45) is 0 Å². The molecule has 8 heteroatoms. The number of carbonyl (C=O) groups excluding carboxylic acids is 1. The van der Waals surface area contributed by atoms with Crippen molar-refractivity contribution in [1.82, 2.24) is 14.6 Å². The number of aromatic nitrogens is 3. The van der Waals surface area contributed by atoms with E-state index in [0.717, 1.165) is 16.8 Å². The molecule has 1 N–H and O–H groups in total. The topological polar surface area (TPSA) is 77.8 Å². The average Bonchev–Trinajstić information content (AvgIpc) is 3.21. The van der Waals surface area contributed by atoms with Gasteiger partial charge >= 0.3 is 0 Å². The Hall–Kier alpha value is -3.58. The van der Waals surface area contributed by atoms with Crippen LogP contribution in [0.25, 0.3) is 16.9 Å². The summed E-state index contributed by atoms with van der Waals surface area (Å²) in [6, 6.07) is 14.4. The van der Waals surface area contributed by atoms with E-state index in [0.29, 0.717) is 27.9 Å². The molecule has 0 atom stereocenters. The van der Waals surface area contributed by atoms with Gasteiger partial charge in [-0.1, -0.05) is 17.7 Å². The monoisotopic (exact) mass is 422 g/mol. The third kappa shape index (κ3) is 3.55. The summed E-state index contributed by atoms with van der Waals surface area (Å²) in [4.78, 5) is 17.1. The fourth-order valence-electron chi connectivity index (χ4n) is 3.15. The van der Waals surface area contributed by atoms with Crippen LogP contribution in [0.4, 0.5) is 5.69 Å². The van der Waals surface area contributed by atoms with Gasteiger partial charge in [0.25, 0.3) is 5.91 Å². The van der Waals surface area contributed by atoms with Crippen molar-refractivity contribution in [2.75, 3.05) is 19.5 Å². The summed E-state index contributed by atoms with van der Waals surface area (Å²) in [6.07, 6.45) is 1.67. The van der Waals surface area contributed by atoms with Crippen molar-refractivity contribution in [3.8, 4) is 22.8 Å². The highest BCUT2D eigenvalue weighted by Crippen LogP contribution is 2.32. The van der Waals surface area contributed by atoms with Crippen LogP contribution in [-0.2, 0) is 0 Å². The Labute approximate surface area is 178 Å². The number of rotatable bonds is 5. The Morgan fingerprint density at radius 2 is 1.87 bits per heavy atom. The van der Waals surface area contributed by atoms with Crippen molar-refractivity contribution in [3.63, 3.8) is 0 Å². The lowest BCUT2D eigenvalue weighted by atomic mass is 10.1. The predicted molar refractivity (Wildman–Crippen MR) is 116 cm³/mol. The number of amides is 1. The van der Waals surface area contributed by atoms with Crippen LogP contribution in [0, 0.1) is 6.92 Å². The number of methoxy groups -OCH3 is 2. The van der Waals surface area contributed by atoms with Crippen LogP contribution in [-0.4, -0.2) is 34.7 Å². The smallest absolute Gasteiger partial charge is 0.276 e.